The van der Waals surface area contributed by atoms with Gasteiger partial charge in [-0.2, -0.15) is 0 Å². The molecule has 0 saturated carbocycles. The largest absolute Gasteiger partial charge is 0.497 e. The van der Waals surface area contributed by atoms with Crippen LogP contribution in [0.1, 0.15) is 11.3 Å². The molecular formula is C24H19N3O6S. The van der Waals surface area contributed by atoms with E-state index in [1.165, 1.54) is 28.8 Å². The van der Waals surface area contributed by atoms with Gasteiger partial charge in [0.25, 0.3) is 5.91 Å². The van der Waals surface area contributed by atoms with Gasteiger partial charge in [-0.15, -0.1) is 0 Å². The molecule has 2 heterocycles. The summed E-state index contributed by atoms with van der Waals surface area (Å²) in [5.41, 5.74) is 1.65. The van der Waals surface area contributed by atoms with Gasteiger partial charge in [0.05, 0.1) is 26.0 Å². The van der Waals surface area contributed by atoms with E-state index in [-0.39, 0.29) is 17.5 Å². The van der Waals surface area contributed by atoms with Crippen molar-refractivity contribution in [2.45, 2.75) is 0 Å². The summed E-state index contributed by atoms with van der Waals surface area (Å²) in [7, 11) is 3.14. The van der Waals surface area contributed by atoms with E-state index >= 15 is 0 Å². The summed E-state index contributed by atoms with van der Waals surface area (Å²) in [6.45, 7) is 0. The standard InChI is InChI=1S/C24H19N3O6S/c1-31-18-8-6-16(7-9-18)14-21-23(28)26(17-4-3-5-20(15-17)32-2)24(25-21)34-13-12-19-10-11-22(33-19)27(29)30/h3-15H,1-2H3/b13-12+,21-14-. The number of hydrogen-bond acceptors (Lipinski definition) is 8. The maximum atomic E-state index is 13.3. The number of carbonyl (C=O) groups excluding carboxylic acids is 1. The lowest BCUT2D eigenvalue weighted by molar-refractivity contribution is -0.402. The average molecular weight is 477 g/mol. The minimum absolute atomic E-state index is 0.262. The second kappa shape index (κ2) is 10.1. The number of anilines is 1. The van der Waals surface area contributed by atoms with Crippen molar-refractivity contribution in [1.29, 1.82) is 0 Å². The summed E-state index contributed by atoms with van der Waals surface area (Å²) in [6, 6.07) is 17.1. The van der Waals surface area contributed by atoms with E-state index < -0.39 is 4.92 Å². The number of amides is 1. The van der Waals surface area contributed by atoms with Crippen molar-refractivity contribution in [2.75, 3.05) is 19.1 Å². The average Bonchev–Trinajstić information content (AvgIpc) is 3.44. The summed E-state index contributed by atoms with van der Waals surface area (Å²) >= 11 is 1.18. The number of carbonyl (C=O) groups is 1. The molecular weight excluding hydrogens is 458 g/mol. The van der Waals surface area contributed by atoms with Gasteiger partial charge in [0.2, 0.25) is 0 Å². The molecule has 0 N–H and O–H groups in total. The smallest absolute Gasteiger partial charge is 0.433 e. The van der Waals surface area contributed by atoms with Crippen LogP contribution in [0.4, 0.5) is 11.6 Å². The van der Waals surface area contributed by atoms with Gasteiger partial charge in [0.1, 0.15) is 27.9 Å². The Labute approximate surface area is 199 Å². The van der Waals surface area contributed by atoms with Gasteiger partial charge in [0.15, 0.2) is 5.17 Å². The molecule has 9 nitrogen and oxygen atoms in total. The molecule has 2 aromatic carbocycles. The first-order valence-corrected chi connectivity index (χ1v) is 10.9. The Morgan fingerprint density at radius 2 is 1.82 bits per heavy atom. The van der Waals surface area contributed by atoms with Crippen LogP contribution in [0.25, 0.3) is 12.2 Å². The zero-order valence-electron chi connectivity index (χ0n) is 18.2. The second-order valence-corrected chi connectivity index (χ2v) is 7.77. The highest BCUT2D eigenvalue weighted by Crippen LogP contribution is 2.32. The molecule has 1 amide bonds. The van der Waals surface area contributed by atoms with Crippen molar-refractivity contribution >= 4 is 46.6 Å². The summed E-state index contributed by atoms with van der Waals surface area (Å²) in [5, 5.41) is 12.9. The Morgan fingerprint density at radius 1 is 1.06 bits per heavy atom. The van der Waals surface area contributed by atoms with Crippen LogP contribution in [0.5, 0.6) is 11.5 Å². The van der Waals surface area contributed by atoms with Gasteiger partial charge in [-0.25, -0.2) is 4.99 Å². The Balaban J connectivity index is 1.64. The van der Waals surface area contributed by atoms with Gasteiger partial charge >= 0.3 is 5.88 Å². The Hall–Kier alpha value is -4.31. The van der Waals surface area contributed by atoms with Crippen LogP contribution in [0.15, 0.2) is 81.2 Å². The first-order valence-electron chi connectivity index (χ1n) is 9.99. The molecule has 172 valence electrons. The van der Waals surface area contributed by atoms with Crippen LogP contribution in [0.2, 0.25) is 0 Å². The number of methoxy groups -OCH3 is 2. The van der Waals surface area contributed by atoms with Crippen LogP contribution >= 0.6 is 11.8 Å². The van der Waals surface area contributed by atoms with Crippen LogP contribution in [-0.4, -0.2) is 30.2 Å². The molecule has 3 aromatic rings. The van der Waals surface area contributed by atoms with Gasteiger partial charge in [0, 0.05) is 6.07 Å². The number of nitrogens with zero attached hydrogens (tertiary/aromatic N) is 3. The third-order valence-corrected chi connectivity index (χ3v) is 5.52. The highest BCUT2D eigenvalue weighted by Gasteiger charge is 2.32. The first kappa shape index (κ1) is 22.9. The molecule has 0 fully saturated rings. The molecule has 0 bridgehead atoms. The van der Waals surface area contributed by atoms with Crippen LogP contribution in [-0.2, 0) is 4.79 Å². The van der Waals surface area contributed by atoms with Crippen molar-refractivity contribution in [1.82, 2.24) is 0 Å². The van der Waals surface area contributed by atoms with Crippen LogP contribution in [0, 0.1) is 10.1 Å². The maximum absolute atomic E-state index is 13.3. The minimum atomic E-state index is -0.606. The number of ether oxygens (including phenoxy) is 2. The number of nitro groups is 1. The highest BCUT2D eigenvalue weighted by atomic mass is 32.2. The lowest BCUT2D eigenvalue weighted by Gasteiger charge is -2.17. The number of aliphatic imine (C=N–C) groups is 1. The van der Waals surface area contributed by atoms with Gasteiger partial charge in [-0.1, -0.05) is 30.0 Å². The van der Waals surface area contributed by atoms with Gasteiger partial charge in [-0.3, -0.25) is 19.8 Å². The normalized spacial score (nSPS) is 14.6. The van der Waals surface area contributed by atoms with Crippen molar-refractivity contribution < 1.29 is 23.6 Å². The van der Waals surface area contributed by atoms with E-state index in [0.717, 1.165) is 5.56 Å². The maximum Gasteiger partial charge on any atom is 0.433 e. The molecule has 1 aliphatic rings. The summed E-state index contributed by atoms with van der Waals surface area (Å²) in [6.07, 6.45) is 3.27. The number of thioether (sulfide) groups is 1. The fourth-order valence-corrected chi connectivity index (χ4v) is 3.87. The van der Waals surface area contributed by atoms with E-state index in [0.29, 0.717) is 28.1 Å². The van der Waals surface area contributed by atoms with E-state index in [4.69, 9.17) is 13.9 Å². The summed E-state index contributed by atoms with van der Waals surface area (Å²) in [4.78, 5) is 29.5. The molecule has 10 heteroatoms. The number of furan rings is 1. The second-order valence-electron chi connectivity index (χ2n) is 6.89. The molecule has 0 aliphatic carbocycles. The van der Waals surface area contributed by atoms with Crippen molar-refractivity contribution in [3.63, 3.8) is 0 Å². The molecule has 0 unspecified atom stereocenters. The zero-order chi connectivity index (χ0) is 24.1. The number of hydrogen-bond donors (Lipinski definition) is 0. The quantitative estimate of drug-likeness (QED) is 0.256. The number of amidine groups is 1. The zero-order valence-corrected chi connectivity index (χ0v) is 19.0. The van der Waals surface area contributed by atoms with Crippen molar-refractivity contribution in [3.8, 4) is 11.5 Å². The van der Waals surface area contributed by atoms with E-state index in [9.17, 15) is 14.9 Å². The van der Waals surface area contributed by atoms with E-state index in [2.05, 4.69) is 4.99 Å². The molecule has 1 aliphatic heterocycles. The molecule has 0 spiro atoms. The minimum Gasteiger partial charge on any atom is -0.497 e. The fraction of sp³-hybridized carbons (Fsp3) is 0.0833. The topological polar surface area (TPSA) is 107 Å². The monoisotopic (exact) mass is 477 g/mol. The van der Waals surface area contributed by atoms with Gasteiger partial charge < -0.3 is 13.9 Å². The Bertz CT molecular complexity index is 1310. The van der Waals surface area contributed by atoms with Crippen LogP contribution in [0.3, 0.4) is 0 Å². The predicted octanol–water partition coefficient (Wildman–Crippen LogP) is 5.35. The third-order valence-electron chi connectivity index (χ3n) is 4.76. The molecule has 0 saturated heterocycles. The van der Waals surface area contributed by atoms with Crippen molar-refractivity contribution in [2.24, 2.45) is 4.99 Å². The predicted molar refractivity (Wildman–Crippen MR) is 131 cm³/mol. The third kappa shape index (κ3) is 5.02. The van der Waals surface area contributed by atoms with Crippen molar-refractivity contribution in [3.05, 3.63) is 93.2 Å². The summed E-state index contributed by atoms with van der Waals surface area (Å²) in [5.74, 6) is 0.974. The molecule has 34 heavy (non-hydrogen) atoms. The molecule has 1 aromatic heterocycles. The Kier molecular flexibility index (Phi) is 6.79. The molecule has 0 radical (unpaired) electrons. The van der Waals surface area contributed by atoms with Gasteiger partial charge in [-0.05, 0) is 53.5 Å². The highest BCUT2D eigenvalue weighted by molar-refractivity contribution is 8.16. The molecule has 4 rings (SSSR count). The SMILES string of the molecule is COc1ccc(/C=C2\N=C(S/C=C/c3ccc([N+](=O)[O-])o3)N(c3cccc(OC)c3)C2=O)cc1. The first-order chi connectivity index (χ1) is 16.5. The van der Waals surface area contributed by atoms with Crippen LogP contribution < -0.4 is 14.4 Å². The lowest BCUT2D eigenvalue weighted by atomic mass is 10.2. The fourth-order valence-electron chi connectivity index (χ4n) is 3.10. The lowest BCUT2D eigenvalue weighted by Crippen LogP contribution is -2.29. The number of rotatable bonds is 7. The van der Waals surface area contributed by atoms with E-state index in [1.54, 1.807) is 68.2 Å². The summed E-state index contributed by atoms with van der Waals surface area (Å²) < 4.78 is 15.6. The number of benzene rings is 2. The molecule has 0 atom stereocenters. The van der Waals surface area contributed by atoms with E-state index in [1.807, 2.05) is 12.1 Å². The Morgan fingerprint density at radius 3 is 2.50 bits per heavy atom.